The summed E-state index contributed by atoms with van der Waals surface area (Å²) in [5.41, 5.74) is 6.18. The molecule has 0 aromatic rings. The zero-order chi connectivity index (χ0) is 40.5. The van der Waals surface area contributed by atoms with Crippen LogP contribution in [0.15, 0.2) is 0 Å². The van der Waals surface area contributed by atoms with Gasteiger partial charge in [0.05, 0.1) is 12.6 Å². The van der Waals surface area contributed by atoms with E-state index in [-0.39, 0.29) is 11.9 Å². The first-order valence-corrected chi connectivity index (χ1v) is 23.4. The SMILES string of the molecule is CCCCCCCCCCCCCCCCCCNC(=O)N(CCCCCCCCCCCCCC)[C@@H]1O[C@H](CO)[C@@H](O)[C@H](O)[C@H]1NC(=O)[C@@H](N)CC(C)C. The van der Waals surface area contributed by atoms with Gasteiger partial charge in [0.2, 0.25) is 5.91 Å². The number of hydrogen-bond acceptors (Lipinski definition) is 7. The van der Waals surface area contributed by atoms with Crippen LogP contribution in [0.2, 0.25) is 0 Å². The molecule has 0 aromatic carbocycles. The molecule has 10 heteroatoms. The molecule has 7 N–H and O–H groups in total. The lowest BCUT2D eigenvalue weighted by molar-refractivity contribution is -0.224. The molecular formula is C45H90N4O6. The van der Waals surface area contributed by atoms with Gasteiger partial charge in [-0.25, -0.2) is 4.79 Å². The van der Waals surface area contributed by atoms with E-state index in [0.29, 0.717) is 19.5 Å². The van der Waals surface area contributed by atoms with Crippen LogP contribution in [0.3, 0.4) is 0 Å². The maximum Gasteiger partial charge on any atom is 0.319 e. The predicted molar refractivity (Wildman–Crippen MR) is 228 cm³/mol. The summed E-state index contributed by atoms with van der Waals surface area (Å²) in [6.45, 7) is 8.81. The number of carbonyl (C=O) groups is 2. The molecule has 0 radical (unpaired) electrons. The van der Waals surface area contributed by atoms with Gasteiger partial charge in [-0.15, -0.1) is 0 Å². The molecule has 1 aliphatic rings. The van der Waals surface area contributed by atoms with Crippen molar-refractivity contribution >= 4 is 11.9 Å². The number of carbonyl (C=O) groups excluding carboxylic acids is 2. The second kappa shape index (κ2) is 34.6. The van der Waals surface area contributed by atoms with Crippen LogP contribution in [0, 0.1) is 5.92 Å². The van der Waals surface area contributed by atoms with Gasteiger partial charge in [-0.3, -0.25) is 9.69 Å². The van der Waals surface area contributed by atoms with E-state index in [4.69, 9.17) is 10.5 Å². The molecule has 1 heterocycles. The lowest BCUT2D eigenvalue weighted by Crippen LogP contribution is -2.70. The average Bonchev–Trinajstić information content (AvgIpc) is 3.16. The summed E-state index contributed by atoms with van der Waals surface area (Å²) in [7, 11) is 0. The van der Waals surface area contributed by atoms with Gasteiger partial charge in [-0.1, -0.05) is 195 Å². The van der Waals surface area contributed by atoms with Gasteiger partial charge in [0.1, 0.15) is 24.4 Å². The Labute approximate surface area is 338 Å². The van der Waals surface area contributed by atoms with E-state index in [1.165, 1.54) is 135 Å². The molecule has 55 heavy (non-hydrogen) atoms. The van der Waals surface area contributed by atoms with Crippen molar-refractivity contribution in [3.05, 3.63) is 0 Å². The highest BCUT2D eigenvalue weighted by atomic mass is 16.5. The number of rotatable bonds is 36. The standard InChI is InChI=1S/C45H90N4O6/c1-5-7-9-11-13-15-17-19-20-21-22-23-25-27-29-31-33-47-45(54)49(34-32-30-28-26-24-18-16-14-12-10-8-6-2)44-40(42(52)41(51)39(36-50)55-44)48-43(53)38(46)35-37(3)4/h37-42,44,50-52H,5-36,46H2,1-4H3,(H,47,54)(H,48,53)/t38-,39+,40+,41+,42+,44+/m0/s1. The van der Waals surface area contributed by atoms with E-state index < -0.39 is 49.1 Å². The number of ether oxygens (including phenoxy) is 1. The highest BCUT2D eigenvalue weighted by Crippen LogP contribution is 2.25. The second-order valence-electron chi connectivity index (χ2n) is 17.1. The Morgan fingerprint density at radius 1 is 0.636 bits per heavy atom. The summed E-state index contributed by atoms with van der Waals surface area (Å²) in [4.78, 5) is 28.5. The highest BCUT2D eigenvalue weighted by Gasteiger charge is 2.48. The quantitative estimate of drug-likeness (QED) is 0.0346. The first-order valence-electron chi connectivity index (χ1n) is 23.4. The summed E-state index contributed by atoms with van der Waals surface area (Å²) in [6, 6.07) is -2.25. The number of nitrogens with one attached hydrogen (secondary N) is 2. The van der Waals surface area contributed by atoms with Crippen molar-refractivity contribution in [3.8, 4) is 0 Å². The van der Waals surface area contributed by atoms with Crippen LogP contribution < -0.4 is 16.4 Å². The first-order chi connectivity index (χ1) is 26.7. The van der Waals surface area contributed by atoms with Gasteiger partial charge in [-0.05, 0) is 25.2 Å². The number of urea groups is 1. The number of hydrogen-bond donors (Lipinski definition) is 6. The van der Waals surface area contributed by atoms with Crippen molar-refractivity contribution in [1.29, 1.82) is 0 Å². The van der Waals surface area contributed by atoms with Crippen molar-refractivity contribution in [1.82, 2.24) is 15.5 Å². The fourth-order valence-electron chi connectivity index (χ4n) is 7.84. The van der Waals surface area contributed by atoms with E-state index in [1.807, 2.05) is 13.8 Å². The molecule has 0 aromatic heterocycles. The number of aliphatic hydroxyl groups is 3. The topological polar surface area (TPSA) is 157 Å². The van der Waals surface area contributed by atoms with Crippen molar-refractivity contribution < 1.29 is 29.6 Å². The monoisotopic (exact) mass is 783 g/mol. The number of nitrogens with two attached hydrogens (primary N) is 1. The minimum absolute atomic E-state index is 0.186. The molecule has 0 aliphatic carbocycles. The molecule has 0 saturated carbocycles. The van der Waals surface area contributed by atoms with Crippen molar-refractivity contribution in [2.45, 2.75) is 251 Å². The number of nitrogens with zero attached hydrogens (tertiary/aromatic N) is 1. The van der Waals surface area contributed by atoms with E-state index in [1.54, 1.807) is 4.90 Å². The van der Waals surface area contributed by atoms with Crippen LogP contribution in [0.25, 0.3) is 0 Å². The van der Waals surface area contributed by atoms with Crippen LogP contribution in [-0.2, 0) is 9.53 Å². The van der Waals surface area contributed by atoms with E-state index in [0.717, 1.165) is 44.9 Å². The minimum Gasteiger partial charge on any atom is -0.394 e. The van der Waals surface area contributed by atoms with Gasteiger partial charge in [0.25, 0.3) is 0 Å². The maximum atomic E-state index is 13.8. The van der Waals surface area contributed by atoms with Crippen LogP contribution in [0.5, 0.6) is 0 Å². The highest BCUT2D eigenvalue weighted by molar-refractivity contribution is 5.82. The molecule has 1 aliphatic heterocycles. The van der Waals surface area contributed by atoms with Crippen LogP contribution in [-0.4, -0.2) is 88.5 Å². The lowest BCUT2D eigenvalue weighted by atomic mass is 9.94. The molecule has 1 saturated heterocycles. The molecule has 1 rings (SSSR count). The Kier molecular flexibility index (Phi) is 32.4. The van der Waals surface area contributed by atoms with Gasteiger partial charge in [0, 0.05) is 13.1 Å². The molecule has 10 nitrogen and oxygen atoms in total. The van der Waals surface area contributed by atoms with Gasteiger partial charge in [-0.2, -0.15) is 0 Å². The molecular weight excluding hydrogens is 693 g/mol. The van der Waals surface area contributed by atoms with Gasteiger partial charge >= 0.3 is 6.03 Å². The minimum atomic E-state index is -1.45. The molecule has 0 bridgehead atoms. The average molecular weight is 783 g/mol. The molecule has 326 valence electrons. The fourth-order valence-corrected chi connectivity index (χ4v) is 7.84. The van der Waals surface area contributed by atoms with Crippen molar-refractivity contribution in [3.63, 3.8) is 0 Å². The molecule has 0 unspecified atom stereocenters. The smallest absolute Gasteiger partial charge is 0.319 e. The summed E-state index contributed by atoms with van der Waals surface area (Å²) in [6.07, 6.45) is 30.2. The predicted octanol–water partition coefficient (Wildman–Crippen LogP) is 9.26. The largest absolute Gasteiger partial charge is 0.394 e. The van der Waals surface area contributed by atoms with E-state index in [9.17, 15) is 24.9 Å². The molecule has 1 fully saturated rings. The Bertz CT molecular complexity index is 911. The third-order valence-electron chi connectivity index (χ3n) is 11.4. The van der Waals surface area contributed by atoms with Crippen LogP contribution in [0.4, 0.5) is 4.79 Å². The Morgan fingerprint density at radius 3 is 1.44 bits per heavy atom. The summed E-state index contributed by atoms with van der Waals surface area (Å²) < 4.78 is 6.12. The normalized spacial score (nSPS) is 20.5. The van der Waals surface area contributed by atoms with Gasteiger partial charge < -0.3 is 36.4 Å². The fraction of sp³-hybridized carbons (Fsp3) is 0.956. The van der Waals surface area contributed by atoms with Crippen LogP contribution in [0.1, 0.15) is 214 Å². The zero-order valence-electron chi connectivity index (χ0n) is 36.3. The molecule has 0 spiro atoms. The number of amides is 3. The van der Waals surface area contributed by atoms with Gasteiger partial charge in [0.15, 0.2) is 6.23 Å². The Morgan fingerprint density at radius 2 is 1.04 bits per heavy atom. The molecule has 3 amide bonds. The Hall–Kier alpha value is -1.46. The third kappa shape index (κ3) is 24.8. The summed E-state index contributed by atoms with van der Waals surface area (Å²) in [5.74, 6) is -0.286. The second-order valence-corrected chi connectivity index (χ2v) is 17.1. The molecule has 6 atom stereocenters. The maximum absolute atomic E-state index is 13.8. The van der Waals surface area contributed by atoms with Crippen molar-refractivity contribution in [2.75, 3.05) is 19.7 Å². The van der Waals surface area contributed by atoms with E-state index in [2.05, 4.69) is 24.5 Å². The number of aliphatic hydroxyl groups excluding tert-OH is 3. The van der Waals surface area contributed by atoms with Crippen molar-refractivity contribution in [2.24, 2.45) is 11.7 Å². The lowest BCUT2D eigenvalue weighted by Gasteiger charge is -2.47. The summed E-state index contributed by atoms with van der Waals surface area (Å²) in [5, 5.41) is 37.8. The first kappa shape index (κ1) is 51.6. The number of unbranched alkanes of at least 4 members (excludes halogenated alkanes) is 26. The third-order valence-corrected chi connectivity index (χ3v) is 11.4. The summed E-state index contributed by atoms with van der Waals surface area (Å²) >= 11 is 0. The van der Waals surface area contributed by atoms with E-state index >= 15 is 0 Å². The zero-order valence-corrected chi connectivity index (χ0v) is 36.3. The Balaban J connectivity index is 2.64. The van der Waals surface area contributed by atoms with Crippen LogP contribution >= 0.6 is 0 Å².